The summed E-state index contributed by atoms with van der Waals surface area (Å²) < 4.78 is 7.52. The predicted octanol–water partition coefficient (Wildman–Crippen LogP) is -2.35. The molecule has 0 aromatic carbocycles. The summed E-state index contributed by atoms with van der Waals surface area (Å²) in [5, 5.41) is 28.9. The molecule has 0 aliphatic carbocycles. The van der Waals surface area contributed by atoms with Gasteiger partial charge in [-0.05, 0) is 0 Å². The van der Waals surface area contributed by atoms with Gasteiger partial charge in [0.05, 0.1) is 0 Å². The van der Waals surface area contributed by atoms with Crippen molar-refractivity contribution in [3.8, 4) is 0 Å². The molecule has 0 amide bonds. The van der Waals surface area contributed by atoms with Crippen LogP contribution in [0.3, 0.4) is 0 Å². The molecule has 6 N–H and O–H groups in total. The third-order valence-corrected chi connectivity index (χ3v) is 3.86. The van der Waals surface area contributed by atoms with Crippen LogP contribution in [-0.2, 0) is 4.74 Å². The van der Waals surface area contributed by atoms with E-state index in [-0.39, 0.29) is 5.95 Å². The number of hydrogen-bond acceptors (Lipinski definition) is 7. The van der Waals surface area contributed by atoms with Crippen LogP contribution in [0, 0.1) is 4.19 Å². The molecule has 0 unspecified atom stereocenters. The molecule has 3 rings (SSSR count). The number of hydrogen-bond donors (Lipinski definition) is 5. The zero-order valence-electron chi connectivity index (χ0n) is 10.2. The molecule has 9 nitrogen and oxygen atoms in total. The first-order valence-corrected chi connectivity index (χ1v) is 6.73. The van der Waals surface area contributed by atoms with E-state index in [9.17, 15) is 10.2 Å². The molecular weight excluding hydrogens is 333 g/mol. The van der Waals surface area contributed by atoms with E-state index in [2.05, 4.69) is 30.5 Å². The Bertz CT molecular complexity index is 701. The number of nitrogens with one attached hydrogen (secondary N) is 1. The predicted molar refractivity (Wildman–Crippen MR) is 68.3 cm³/mol. The molecule has 0 radical (unpaired) electrons. The van der Waals surface area contributed by atoms with E-state index < -0.39 is 31.1 Å². The monoisotopic (exact) mass is 347 g/mol. The second-order valence-corrected chi connectivity index (χ2v) is 5.36. The van der Waals surface area contributed by atoms with Crippen molar-refractivity contribution in [1.29, 1.82) is 0 Å². The molecule has 2 aromatic rings. The number of fused-ring (bicyclic) bond motifs is 1. The fourth-order valence-corrected chi connectivity index (χ4v) is 2.76. The first kappa shape index (κ1) is 13.7. The van der Waals surface area contributed by atoms with Gasteiger partial charge in [-0.1, -0.05) is 0 Å². The normalized spacial score (nSPS) is 30.1. The maximum atomic E-state index is 10.0. The molecule has 3 heterocycles. The summed E-state index contributed by atoms with van der Waals surface area (Å²) in [7, 11) is 0. The van der Waals surface area contributed by atoms with Crippen molar-refractivity contribution >= 4 is 32.7 Å². The Morgan fingerprint density at radius 1 is 1.45 bits per heavy atom. The third-order valence-electron chi connectivity index (χ3n) is 3.24. The number of imidazole rings is 1. The van der Waals surface area contributed by atoms with Crippen molar-refractivity contribution < 1.29 is 20.1 Å². The molecular formula is C10H13N5O4Se. The molecule has 0 saturated carbocycles. The van der Waals surface area contributed by atoms with Gasteiger partial charge in [-0.3, -0.25) is 0 Å². The van der Waals surface area contributed by atoms with Crippen molar-refractivity contribution in [2.45, 2.75) is 24.5 Å². The molecule has 1 aliphatic heterocycles. The molecule has 1 aliphatic rings. The van der Waals surface area contributed by atoms with Gasteiger partial charge in [-0.15, -0.1) is 0 Å². The van der Waals surface area contributed by atoms with Crippen LogP contribution in [0.4, 0.5) is 5.95 Å². The van der Waals surface area contributed by atoms with Gasteiger partial charge in [0.15, 0.2) is 0 Å². The Morgan fingerprint density at radius 2 is 2.20 bits per heavy atom. The second kappa shape index (κ2) is 4.92. The summed E-state index contributed by atoms with van der Waals surface area (Å²) in [6.45, 7) is -0.391. The van der Waals surface area contributed by atoms with E-state index in [1.165, 1.54) is 10.9 Å². The molecule has 1 saturated heterocycles. The quantitative estimate of drug-likeness (QED) is 0.383. The average molecular weight is 346 g/mol. The van der Waals surface area contributed by atoms with Crippen LogP contribution in [0.25, 0.3) is 11.2 Å². The van der Waals surface area contributed by atoms with Crippen LogP contribution in [0.15, 0.2) is 6.33 Å². The first-order valence-electron chi connectivity index (χ1n) is 5.87. The van der Waals surface area contributed by atoms with Gasteiger partial charge in [0, 0.05) is 0 Å². The Labute approximate surface area is 120 Å². The molecule has 0 spiro atoms. The number of nitrogens with zero attached hydrogens (tertiary/aromatic N) is 3. The molecule has 2 aromatic heterocycles. The average Bonchev–Trinajstić information content (AvgIpc) is 2.93. The number of aliphatic hydroxyl groups is 3. The van der Waals surface area contributed by atoms with Crippen LogP contribution in [0.1, 0.15) is 6.23 Å². The van der Waals surface area contributed by atoms with E-state index in [0.717, 1.165) is 0 Å². The molecule has 1 fully saturated rings. The summed E-state index contributed by atoms with van der Waals surface area (Å²) in [5.74, 6) is 0.180. The number of aromatic nitrogens is 4. The van der Waals surface area contributed by atoms with E-state index in [1.807, 2.05) is 0 Å². The van der Waals surface area contributed by atoms with Gasteiger partial charge in [0.25, 0.3) is 0 Å². The van der Waals surface area contributed by atoms with Gasteiger partial charge in [-0.2, -0.15) is 0 Å². The minimum atomic E-state index is -1.19. The Morgan fingerprint density at radius 3 is 2.85 bits per heavy atom. The topological polar surface area (TPSA) is 142 Å². The van der Waals surface area contributed by atoms with Crippen molar-refractivity contribution in [3.63, 3.8) is 0 Å². The number of nitrogen functional groups attached to an aromatic ring is 1. The molecule has 108 valence electrons. The van der Waals surface area contributed by atoms with Gasteiger partial charge in [0.1, 0.15) is 0 Å². The number of ether oxygens (including phenoxy) is 1. The van der Waals surface area contributed by atoms with Gasteiger partial charge in [0.2, 0.25) is 0 Å². The number of anilines is 1. The molecule has 10 heteroatoms. The molecule has 0 bridgehead atoms. The Kier molecular flexibility index (Phi) is 3.36. The van der Waals surface area contributed by atoms with Crippen molar-refractivity contribution in [2.24, 2.45) is 0 Å². The molecule has 20 heavy (non-hydrogen) atoms. The van der Waals surface area contributed by atoms with Gasteiger partial charge < -0.3 is 0 Å². The van der Waals surface area contributed by atoms with Crippen LogP contribution >= 0.6 is 0 Å². The van der Waals surface area contributed by atoms with E-state index >= 15 is 0 Å². The van der Waals surface area contributed by atoms with Gasteiger partial charge in [-0.25, -0.2) is 0 Å². The van der Waals surface area contributed by atoms with Crippen LogP contribution in [0.2, 0.25) is 0 Å². The van der Waals surface area contributed by atoms with Crippen molar-refractivity contribution in [1.82, 2.24) is 19.5 Å². The summed E-state index contributed by atoms with van der Waals surface area (Å²) in [5.41, 5.74) is 6.59. The van der Waals surface area contributed by atoms with E-state index in [4.69, 9.17) is 15.6 Å². The number of rotatable bonds is 2. The second-order valence-electron chi connectivity index (χ2n) is 4.50. The van der Waals surface area contributed by atoms with E-state index in [0.29, 0.717) is 15.4 Å². The SMILES string of the molecule is Nc1nc2c(ncn2[C@@H]2O[C@H](CO)[C@@H](O)[C@H]2O)c(=[Se])[nH]1. The summed E-state index contributed by atoms with van der Waals surface area (Å²) in [6, 6.07) is 0. The number of H-pyrrole nitrogens is 1. The number of aromatic amines is 1. The Balaban J connectivity index is 2.09. The molecule has 4 atom stereocenters. The summed E-state index contributed by atoms with van der Waals surface area (Å²) in [6.07, 6.45) is -2.68. The minimum absolute atomic E-state index is 0.180. The van der Waals surface area contributed by atoms with Crippen LogP contribution < -0.4 is 5.73 Å². The summed E-state index contributed by atoms with van der Waals surface area (Å²) >= 11 is 2.79. The fourth-order valence-electron chi connectivity index (χ4n) is 2.24. The standard InChI is InChI=1S/C10H13N5O4Se/c11-10-13-7-4(8(20)14-10)12-2-15(7)9-6(18)5(17)3(1-16)19-9/h2-3,5-6,9,16-18H,1H2,(H3,11,13,14,20)/t3-,5-,6-,9-/m1/s1. The fraction of sp³-hybridized carbons (Fsp3) is 0.500. The number of aliphatic hydroxyl groups excluding tert-OH is 3. The zero-order chi connectivity index (χ0) is 14.4. The first-order chi connectivity index (χ1) is 9.52. The zero-order valence-corrected chi connectivity index (χ0v) is 11.9. The van der Waals surface area contributed by atoms with Gasteiger partial charge >= 0.3 is 120 Å². The van der Waals surface area contributed by atoms with Crippen molar-refractivity contribution in [3.05, 3.63) is 10.5 Å². The Hall–Kier alpha value is -1.29. The maximum absolute atomic E-state index is 10.0. The van der Waals surface area contributed by atoms with Crippen LogP contribution in [0.5, 0.6) is 0 Å². The van der Waals surface area contributed by atoms with Crippen LogP contribution in [-0.4, -0.2) is 75.3 Å². The summed E-state index contributed by atoms with van der Waals surface area (Å²) in [4.78, 5) is 11.1. The number of nitrogens with two attached hydrogens (primary N) is 1. The van der Waals surface area contributed by atoms with E-state index in [1.54, 1.807) is 0 Å². The third kappa shape index (κ3) is 1.97. The van der Waals surface area contributed by atoms with Crippen molar-refractivity contribution in [2.75, 3.05) is 12.3 Å².